The van der Waals surface area contributed by atoms with E-state index in [-0.39, 0.29) is 5.92 Å². The quantitative estimate of drug-likeness (QED) is 0.396. The van der Waals surface area contributed by atoms with Gasteiger partial charge in [0.05, 0.1) is 0 Å². The van der Waals surface area contributed by atoms with Crippen LogP contribution in [0.15, 0.2) is 24.3 Å². The minimum atomic E-state index is -5.12. The van der Waals surface area contributed by atoms with Crippen LogP contribution in [0.3, 0.4) is 0 Å². The Kier molecular flexibility index (Phi) is 6.85. The van der Waals surface area contributed by atoms with Crippen molar-refractivity contribution in [3.63, 3.8) is 0 Å². The summed E-state index contributed by atoms with van der Waals surface area (Å²) in [4.78, 5) is 0. The molecule has 0 amide bonds. The molecule has 0 spiro atoms. The Hall–Kier alpha value is -1.59. The van der Waals surface area contributed by atoms with Crippen LogP contribution in [0.2, 0.25) is 0 Å². The smallest absolute Gasteiger partial charge is 0.399 e. The van der Waals surface area contributed by atoms with E-state index in [9.17, 15) is 22.0 Å². The molecule has 2 rings (SSSR count). The third kappa shape index (κ3) is 6.01. The first-order valence-corrected chi connectivity index (χ1v) is 8.69. The van der Waals surface area contributed by atoms with Crippen molar-refractivity contribution in [3.05, 3.63) is 41.5 Å². The van der Waals surface area contributed by atoms with Crippen LogP contribution in [0.1, 0.15) is 63.4 Å². The van der Waals surface area contributed by atoms with E-state index in [4.69, 9.17) is 0 Å². The predicted molar refractivity (Wildman–Crippen MR) is 86.4 cm³/mol. The maximum atomic E-state index is 13.8. The molecule has 1 nitrogen and oxygen atoms in total. The van der Waals surface area contributed by atoms with Crippen LogP contribution in [-0.4, -0.2) is 6.36 Å². The number of ether oxygens (including phenoxy) is 1. The monoisotopic (exact) mass is 362 g/mol. The largest absolute Gasteiger partial charge is 0.573 e. The summed E-state index contributed by atoms with van der Waals surface area (Å²) in [6, 6.07) is 1.94. The first kappa shape index (κ1) is 19.7. The fourth-order valence-corrected chi connectivity index (χ4v) is 3.33. The van der Waals surface area contributed by atoms with Crippen LogP contribution in [0.5, 0.6) is 5.75 Å². The maximum Gasteiger partial charge on any atom is 0.573 e. The standard InChI is InChI=1S/C19H23F5O/c1-2-3-4-5-6-13-7-9-14(10-8-13)15-11-16(20)18(17(21)12-15)25-19(22,23)24/h4-5,11-14H,2-3,6-10H2,1H3/b5-4+/t13-,14-. The van der Waals surface area contributed by atoms with Gasteiger partial charge in [0.15, 0.2) is 11.6 Å². The Morgan fingerprint density at radius 2 is 1.64 bits per heavy atom. The molecule has 0 bridgehead atoms. The van der Waals surface area contributed by atoms with Crippen LogP contribution in [0, 0.1) is 17.6 Å². The Balaban J connectivity index is 1.97. The molecular weight excluding hydrogens is 339 g/mol. The molecule has 0 N–H and O–H groups in total. The van der Waals surface area contributed by atoms with Gasteiger partial charge in [-0.05, 0) is 68.1 Å². The van der Waals surface area contributed by atoms with Gasteiger partial charge in [0.25, 0.3) is 0 Å². The van der Waals surface area contributed by atoms with Gasteiger partial charge in [0, 0.05) is 0 Å². The number of unbranched alkanes of at least 4 members (excludes halogenated alkanes) is 1. The molecule has 25 heavy (non-hydrogen) atoms. The van der Waals surface area contributed by atoms with E-state index in [1.54, 1.807) is 0 Å². The molecular formula is C19H23F5O. The molecule has 0 aromatic heterocycles. The highest BCUT2D eigenvalue weighted by Crippen LogP contribution is 2.39. The van der Waals surface area contributed by atoms with Crippen molar-refractivity contribution >= 4 is 0 Å². The van der Waals surface area contributed by atoms with Crippen molar-refractivity contribution < 1.29 is 26.7 Å². The molecule has 0 heterocycles. The molecule has 1 aliphatic rings. The zero-order chi connectivity index (χ0) is 18.4. The Labute approximate surface area is 144 Å². The molecule has 1 aliphatic carbocycles. The second kappa shape index (κ2) is 8.68. The Morgan fingerprint density at radius 1 is 1.04 bits per heavy atom. The number of benzene rings is 1. The predicted octanol–water partition coefficient (Wildman–Crippen LogP) is 6.88. The van der Waals surface area contributed by atoms with Gasteiger partial charge in [0.2, 0.25) is 5.75 Å². The van der Waals surface area contributed by atoms with E-state index in [2.05, 4.69) is 23.8 Å². The summed E-state index contributed by atoms with van der Waals surface area (Å²) in [5.41, 5.74) is 0.407. The zero-order valence-electron chi connectivity index (χ0n) is 14.2. The molecule has 0 atom stereocenters. The lowest BCUT2D eigenvalue weighted by molar-refractivity contribution is -0.276. The van der Waals surface area contributed by atoms with Crippen molar-refractivity contribution in [1.29, 1.82) is 0 Å². The van der Waals surface area contributed by atoms with Gasteiger partial charge in [-0.3, -0.25) is 0 Å². The molecule has 6 heteroatoms. The highest BCUT2D eigenvalue weighted by atomic mass is 19.4. The van der Waals surface area contributed by atoms with Crippen molar-refractivity contribution in [2.45, 2.75) is 64.1 Å². The normalized spacial score (nSPS) is 21.7. The Bertz CT molecular complexity index is 563. The summed E-state index contributed by atoms with van der Waals surface area (Å²) in [7, 11) is 0. The second-order valence-electron chi connectivity index (χ2n) is 6.57. The maximum absolute atomic E-state index is 13.8. The second-order valence-corrected chi connectivity index (χ2v) is 6.57. The van der Waals surface area contributed by atoms with Crippen molar-refractivity contribution in [2.75, 3.05) is 0 Å². The van der Waals surface area contributed by atoms with Crippen LogP contribution >= 0.6 is 0 Å². The van der Waals surface area contributed by atoms with E-state index >= 15 is 0 Å². The van der Waals surface area contributed by atoms with Crippen LogP contribution in [-0.2, 0) is 0 Å². The molecule has 0 aliphatic heterocycles. The van der Waals surface area contributed by atoms with Gasteiger partial charge in [0.1, 0.15) is 0 Å². The van der Waals surface area contributed by atoms with Gasteiger partial charge >= 0.3 is 6.36 Å². The minimum Gasteiger partial charge on any atom is -0.399 e. The number of alkyl halides is 3. The zero-order valence-corrected chi connectivity index (χ0v) is 14.2. The summed E-state index contributed by atoms with van der Waals surface area (Å²) in [6.07, 6.45) is 5.91. The molecule has 1 aromatic carbocycles. The fourth-order valence-electron chi connectivity index (χ4n) is 3.33. The van der Waals surface area contributed by atoms with Crippen molar-refractivity contribution in [3.8, 4) is 5.75 Å². The SMILES string of the molecule is CCC/C=C/C[C@H]1CC[C@H](c2cc(F)c(OC(F)(F)F)c(F)c2)CC1. The average Bonchev–Trinajstić information content (AvgIpc) is 2.54. The number of allylic oxidation sites excluding steroid dienone is 2. The number of halogens is 5. The molecule has 1 aromatic rings. The van der Waals surface area contributed by atoms with Crippen LogP contribution in [0.25, 0.3) is 0 Å². The van der Waals surface area contributed by atoms with Gasteiger partial charge in [-0.1, -0.05) is 25.5 Å². The lowest BCUT2D eigenvalue weighted by atomic mass is 9.77. The third-order valence-corrected chi connectivity index (χ3v) is 4.65. The molecule has 1 saturated carbocycles. The third-order valence-electron chi connectivity index (χ3n) is 4.65. The lowest BCUT2D eigenvalue weighted by Gasteiger charge is -2.28. The van der Waals surface area contributed by atoms with Gasteiger partial charge in [-0.2, -0.15) is 0 Å². The van der Waals surface area contributed by atoms with E-state index in [1.807, 2.05) is 0 Å². The summed E-state index contributed by atoms with van der Waals surface area (Å²) in [5.74, 6) is -3.47. The number of hydrogen-bond acceptors (Lipinski definition) is 1. The van der Waals surface area contributed by atoms with Crippen LogP contribution < -0.4 is 4.74 Å². The summed E-state index contributed by atoms with van der Waals surface area (Å²) >= 11 is 0. The van der Waals surface area contributed by atoms with E-state index in [0.717, 1.165) is 57.1 Å². The average molecular weight is 362 g/mol. The number of rotatable bonds is 6. The molecule has 140 valence electrons. The highest BCUT2D eigenvalue weighted by Gasteiger charge is 2.34. The topological polar surface area (TPSA) is 9.23 Å². The molecule has 0 saturated heterocycles. The van der Waals surface area contributed by atoms with Crippen molar-refractivity contribution in [1.82, 2.24) is 0 Å². The van der Waals surface area contributed by atoms with Crippen molar-refractivity contribution in [2.24, 2.45) is 5.92 Å². The Morgan fingerprint density at radius 3 is 2.16 bits per heavy atom. The van der Waals surface area contributed by atoms with E-state index in [1.165, 1.54) is 0 Å². The summed E-state index contributed by atoms with van der Waals surface area (Å²) < 4.78 is 67.7. The van der Waals surface area contributed by atoms with Gasteiger partial charge < -0.3 is 4.74 Å². The van der Waals surface area contributed by atoms with Gasteiger partial charge in [-0.25, -0.2) is 8.78 Å². The van der Waals surface area contributed by atoms with Gasteiger partial charge in [-0.15, -0.1) is 13.2 Å². The molecule has 0 unspecified atom stereocenters. The minimum absolute atomic E-state index is 0.0280. The lowest BCUT2D eigenvalue weighted by Crippen LogP contribution is -2.19. The van der Waals surface area contributed by atoms with Crippen LogP contribution in [0.4, 0.5) is 22.0 Å². The molecule has 1 fully saturated rings. The first-order chi connectivity index (χ1) is 11.8. The highest BCUT2D eigenvalue weighted by molar-refractivity contribution is 5.33. The van der Waals surface area contributed by atoms with E-state index < -0.39 is 23.7 Å². The van der Waals surface area contributed by atoms with E-state index in [0.29, 0.717) is 11.5 Å². The summed E-state index contributed by atoms with van der Waals surface area (Å²) in [5, 5.41) is 0. The summed E-state index contributed by atoms with van der Waals surface area (Å²) in [6.45, 7) is 2.12. The molecule has 0 radical (unpaired) electrons. The fraction of sp³-hybridized carbons (Fsp3) is 0.579. The first-order valence-electron chi connectivity index (χ1n) is 8.69. The number of hydrogen-bond donors (Lipinski definition) is 0.